The molecule has 24 heavy (non-hydrogen) atoms. The number of carbonyl (C=O) groups excluding carboxylic acids is 1. The van der Waals surface area contributed by atoms with Gasteiger partial charge >= 0.3 is 6.09 Å². The molecule has 2 bridgehead atoms. The third-order valence-corrected chi connectivity index (χ3v) is 5.04. The van der Waals surface area contributed by atoms with Crippen LogP contribution in [0.3, 0.4) is 0 Å². The van der Waals surface area contributed by atoms with Crippen LogP contribution in [-0.2, 0) is 4.74 Å². The number of ether oxygens (including phenoxy) is 1. The zero-order valence-electron chi connectivity index (χ0n) is 14.7. The molecule has 2 fully saturated rings. The van der Waals surface area contributed by atoms with Crippen molar-refractivity contribution in [1.29, 1.82) is 0 Å². The number of rotatable bonds is 2. The Bertz CT molecular complexity index is 588. The second-order valence-corrected chi connectivity index (χ2v) is 8.11. The summed E-state index contributed by atoms with van der Waals surface area (Å²) < 4.78 is 5.59. The van der Waals surface area contributed by atoms with E-state index < -0.39 is 5.60 Å². The molecule has 0 aliphatic carbocycles. The summed E-state index contributed by atoms with van der Waals surface area (Å²) in [6, 6.07) is 4.47. The van der Waals surface area contributed by atoms with E-state index in [1.807, 2.05) is 38.8 Å². The van der Waals surface area contributed by atoms with Crippen molar-refractivity contribution in [3.63, 3.8) is 0 Å². The van der Waals surface area contributed by atoms with Crippen LogP contribution in [-0.4, -0.2) is 52.0 Å². The van der Waals surface area contributed by atoms with Crippen molar-refractivity contribution in [1.82, 2.24) is 15.1 Å². The van der Waals surface area contributed by atoms with Crippen LogP contribution in [0.25, 0.3) is 0 Å². The van der Waals surface area contributed by atoms with Gasteiger partial charge in [-0.1, -0.05) is 11.6 Å². The van der Waals surface area contributed by atoms with Gasteiger partial charge in [0.05, 0.1) is 0 Å². The average molecular weight is 353 g/mol. The van der Waals surface area contributed by atoms with Crippen LogP contribution >= 0.6 is 11.6 Å². The summed E-state index contributed by atoms with van der Waals surface area (Å²) in [4.78, 5) is 16.6. The first-order valence-corrected chi connectivity index (χ1v) is 8.86. The molecule has 0 aromatic carbocycles. The normalized spacial score (nSPS) is 26.4. The molecule has 6 nitrogen and oxygen atoms in total. The highest BCUT2D eigenvalue weighted by Crippen LogP contribution is 2.39. The van der Waals surface area contributed by atoms with E-state index in [1.165, 1.54) is 0 Å². The van der Waals surface area contributed by atoms with E-state index in [-0.39, 0.29) is 18.2 Å². The summed E-state index contributed by atoms with van der Waals surface area (Å²) in [6.07, 6.45) is 3.76. The summed E-state index contributed by atoms with van der Waals surface area (Å²) in [7, 11) is 2.03. The summed E-state index contributed by atoms with van der Waals surface area (Å²) >= 11 is 5.81. The predicted octanol–water partition coefficient (Wildman–Crippen LogP) is 3.50. The van der Waals surface area contributed by atoms with Gasteiger partial charge in [0.25, 0.3) is 0 Å². The SMILES string of the molecule is CN(c1ccc(Cl)nn1)C1CC2CC[C@H](C1)N2C(=O)OC(C)(C)C. The maximum absolute atomic E-state index is 12.5. The molecule has 2 unspecified atom stereocenters. The Morgan fingerprint density at radius 2 is 1.88 bits per heavy atom. The predicted molar refractivity (Wildman–Crippen MR) is 93.4 cm³/mol. The van der Waals surface area contributed by atoms with Gasteiger partial charge in [0.15, 0.2) is 11.0 Å². The largest absolute Gasteiger partial charge is 0.444 e. The number of fused-ring (bicyclic) bond motifs is 2. The van der Waals surface area contributed by atoms with Crippen molar-refractivity contribution in [2.75, 3.05) is 11.9 Å². The highest BCUT2D eigenvalue weighted by atomic mass is 35.5. The van der Waals surface area contributed by atoms with Gasteiger partial charge in [-0.2, -0.15) is 0 Å². The Morgan fingerprint density at radius 3 is 2.38 bits per heavy atom. The molecule has 1 amide bonds. The zero-order valence-corrected chi connectivity index (χ0v) is 15.5. The summed E-state index contributed by atoms with van der Waals surface area (Å²) in [5.74, 6) is 0.814. The number of amides is 1. The Morgan fingerprint density at radius 1 is 1.25 bits per heavy atom. The zero-order chi connectivity index (χ0) is 17.5. The van der Waals surface area contributed by atoms with Crippen LogP contribution in [0, 0.1) is 0 Å². The minimum absolute atomic E-state index is 0.178. The smallest absolute Gasteiger partial charge is 0.410 e. The second-order valence-electron chi connectivity index (χ2n) is 7.72. The van der Waals surface area contributed by atoms with Gasteiger partial charge in [0, 0.05) is 25.2 Å². The lowest BCUT2D eigenvalue weighted by Gasteiger charge is -2.42. The van der Waals surface area contributed by atoms with Crippen LogP contribution in [0.2, 0.25) is 5.15 Å². The molecule has 3 atom stereocenters. The van der Waals surface area contributed by atoms with Gasteiger partial charge in [0.2, 0.25) is 0 Å². The van der Waals surface area contributed by atoms with E-state index in [2.05, 4.69) is 15.1 Å². The molecule has 0 saturated carbocycles. The molecule has 2 saturated heterocycles. The fourth-order valence-corrected chi connectivity index (χ4v) is 3.86. The lowest BCUT2D eigenvalue weighted by atomic mass is 9.96. The fraction of sp³-hybridized carbons (Fsp3) is 0.706. The molecule has 1 aromatic rings. The topological polar surface area (TPSA) is 58.6 Å². The van der Waals surface area contributed by atoms with Gasteiger partial charge < -0.3 is 14.5 Å². The number of aromatic nitrogens is 2. The van der Waals surface area contributed by atoms with Crippen LogP contribution in [0.4, 0.5) is 10.6 Å². The molecule has 0 spiro atoms. The van der Waals surface area contributed by atoms with Crippen molar-refractivity contribution in [2.24, 2.45) is 0 Å². The van der Waals surface area contributed by atoms with E-state index in [4.69, 9.17) is 16.3 Å². The van der Waals surface area contributed by atoms with Crippen molar-refractivity contribution in [2.45, 2.75) is 70.2 Å². The maximum atomic E-state index is 12.5. The molecule has 0 radical (unpaired) electrons. The first-order valence-electron chi connectivity index (χ1n) is 8.48. The minimum Gasteiger partial charge on any atom is -0.444 e. The van der Waals surface area contributed by atoms with Crippen LogP contribution < -0.4 is 4.90 Å². The first-order chi connectivity index (χ1) is 11.2. The monoisotopic (exact) mass is 352 g/mol. The van der Waals surface area contributed by atoms with Crippen LogP contribution in [0.5, 0.6) is 0 Å². The lowest BCUT2D eigenvalue weighted by molar-refractivity contribution is 0.00597. The number of piperidine rings is 1. The molecule has 2 aliphatic heterocycles. The van der Waals surface area contributed by atoms with Gasteiger partial charge in [-0.25, -0.2) is 4.79 Å². The van der Waals surface area contributed by atoms with Crippen molar-refractivity contribution >= 4 is 23.5 Å². The van der Waals surface area contributed by atoms with Crippen molar-refractivity contribution < 1.29 is 9.53 Å². The van der Waals surface area contributed by atoms with Gasteiger partial charge in [0.1, 0.15) is 5.60 Å². The average Bonchev–Trinajstić information content (AvgIpc) is 2.76. The quantitative estimate of drug-likeness (QED) is 0.815. The number of halogens is 1. The fourth-order valence-electron chi connectivity index (χ4n) is 3.76. The summed E-state index contributed by atoms with van der Waals surface area (Å²) in [5, 5.41) is 8.48. The Labute approximate surface area is 148 Å². The van der Waals surface area contributed by atoms with Gasteiger partial charge in [-0.3, -0.25) is 0 Å². The van der Waals surface area contributed by atoms with E-state index in [0.29, 0.717) is 11.2 Å². The Kier molecular flexibility index (Phi) is 4.60. The van der Waals surface area contributed by atoms with Gasteiger partial charge in [-0.05, 0) is 58.6 Å². The van der Waals surface area contributed by atoms with Crippen LogP contribution in [0.15, 0.2) is 12.1 Å². The third kappa shape index (κ3) is 3.58. The van der Waals surface area contributed by atoms with E-state index >= 15 is 0 Å². The molecule has 7 heteroatoms. The van der Waals surface area contributed by atoms with E-state index in [1.54, 1.807) is 6.07 Å². The van der Waals surface area contributed by atoms with Crippen LogP contribution in [0.1, 0.15) is 46.5 Å². The number of hydrogen-bond acceptors (Lipinski definition) is 5. The molecule has 2 aliphatic rings. The number of nitrogens with zero attached hydrogens (tertiary/aromatic N) is 4. The van der Waals surface area contributed by atoms with E-state index in [0.717, 1.165) is 31.5 Å². The number of hydrogen-bond donors (Lipinski definition) is 0. The first kappa shape index (κ1) is 17.3. The standard InChI is InChI=1S/C17H25ClN4O2/c1-17(2,3)24-16(23)22-11-5-6-12(22)10-13(9-11)21(4)15-8-7-14(18)19-20-15/h7-8,11-13H,5-6,9-10H2,1-4H3/t11-,12?,13?/m1/s1. The Hall–Kier alpha value is -1.56. The van der Waals surface area contributed by atoms with E-state index in [9.17, 15) is 4.79 Å². The highest BCUT2D eigenvalue weighted by molar-refractivity contribution is 6.29. The summed E-state index contributed by atoms with van der Waals surface area (Å²) in [6.45, 7) is 5.73. The van der Waals surface area contributed by atoms with Crippen molar-refractivity contribution in [3.8, 4) is 0 Å². The summed E-state index contributed by atoms with van der Waals surface area (Å²) in [5.41, 5.74) is -0.455. The molecule has 3 rings (SSSR count). The third-order valence-electron chi connectivity index (χ3n) is 4.84. The molecule has 132 valence electrons. The molecular formula is C17H25ClN4O2. The highest BCUT2D eigenvalue weighted by Gasteiger charge is 2.45. The molecule has 1 aromatic heterocycles. The lowest BCUT2D eigenvalue weighted by Crippen LogP contribution is -2.53. The maximum Gasteiger partial charge on any atom is 0.410 e. The number of carbonyl (C=O) groups is 1. The molecular weight excluding hydrogens is 328 g/mol. The molecule has 0 N–H and O–H groups in total. The Balaban J connectivity index is 1.68. The molecule has 3 heterocycles. The van der Waals surface area contributed by atoms with Crippen molar-refractivity contribution in [3.05, 3.63) is 17.3 Å². The van der Waals surface area contributed by atoms with Gasteiger partial charge in [-0.15, -0.1) is 10.2 Å². The second kappa shape index (κ2) is 6.39. The number of anilines is 1. The minimum atomic E-state index is -0.455.